The van der Waals surface area contributed by atoms with Gasteiger partial charge in [-0.3, -0.25) is 0 Å². The highest BCUT2D eigenvalue weighted by molar-refractivity contribution is 6.84. The lowest BCUT2D eigenvalue weighted by Crippen LogP contribution is -2.25. The van der Waals surface area contributed by atoms with Crippen molar-refractivity contribution < 1.29 is 4.39 Å². The number of hydrogen-bond acceptors (Lipinski definition) is 0. The summed E-state index contributed by atoms with van der Waals surface area (Å²) >= 11 is 0. The second-order valence-corrected chi connectivity index (χ2v) is 8.93. The summed E-state index contributed by atoms with van der Waals surface area (Å²) < 4.78 is 13.9. The summed E-state index contributed by atoms with van der Waals surface area (Å²) in [5, 5.41) is 0. The van der Waals surface area contributed by atoms with Gasteiger partial charge >= 0.3 is 0 Å². The third-order valence-corrected chi connectivity index (χ3v) is 5.14. The Hall–Kier alpha value is -1.15. The van der Waals surface area contributed by atoms with Gasteiger partial charge in [0.1, 0.15) is 8.07 Å². The molecular weight excluding hydrogens is 203 g/mol. The van der Waals surface area contributed by atoms with Crippen LogP contribution in [0.3, 0.4) is 0 Å². The first-order valence-corrected chi connectivity index (χ1v) is 8.30. The Labute approximate surface area is 92.2 Å². The van der Waals surface area contributed by atoms with Crippen LogP contribution in [0.2, 0.25) is 19.1 Å². The zero-order valence-corrected chi connectivity index (χ0v) is 10.3. The molecule has 1 aromatic carbocycles. The van der Waals surface area contributed by atoms with Gasteiger partial charge in [-0.25, -0.2) is 4.39 Å². The first-order valence-electron chi connectivity index (χ1n) is 5.10. The van der Waals surface area contributed by atoms with Crippen molar-refractivity contribution in [2.24, 2.45) is 0 Å². The molecule has 0 amide bonds. The monoisotopic (exact) mass is 220 g/mol. The molecule has 2 heteroatoms. The number of hydrogen-bond donors (Lipinski definition) is 0. The molecule has 0 aliphatic heterocycles. The van der Waals surface area contributed by atoms with Crippen LogP contribution < -0.4 is 0 Å². The Bertz CT molecular complexity index is 352. The van der Waals surface area contributed by atoms with E-state index in [9.17, 15) is 4.39 Å². The standard InChI is InChI=1S/C13H17FSi/c1-4-10-15(2,3)13(14)11-12-8-6-5-7-9-12/h4-9,11H,1,10H2,2-3H3. The highest BCUT2D eigenvalue weighted by Gasteiger charge is 2.24. The second kappa shape index (κ2) is 5.08. The zero-order valence-electron chi connectivity index (χ0n) is 9.33. The summed E-state index contributed by atoms with van der Waals surface area (Å²) in [6.07, 6.45) is 3.46. The van der Waals surface area contributed by atoms with E-state index in [0.29, 0.717) is 0 Å². The van der Waals surface area contributed by atoms with Crippen LogP contribution in [0.4, 0.5) is 4.39 Å². The molecule has 0 N–H and O–H groups in total. The van der Waals surface area contributed by atoms with Gasteiger partial charge in [0.2, 0.25) is 0 Å². The van der Waals surface area contributed by atoms with E-state index >= 15 is 0 Å². The van der Waals surface area contributed by atoms with Gasteiger partial charge in [0, 0.05) is 0 Å². The average molecular weight is 220 g/mol. The lowest BCUT2D eigenvalue weighted by atomic mass is 10.2. The van der Waals surface area contributed by atoms with Crippen molar-refractivity contribution in [3.8, 4) is 0 Å². The van der Waals surface area contributed by atoms with Crippen LogP contribution in [-0.4, -0.2) is 8.07 Å². The molecule has 0 aliphatic rings. The van der Waals surface area contributed by atoms with Crippen LogP contribution in [0.25, 0.3) is 6.08 Å². The Morgan fingerprint density at radius 2 is 1.93 bits per heavy atom. The fourth-order valence-corrected chi connectivity index (χ4v) is 2.82. The fourth-order valence-electron chi connectivity index (χ4n) is 1.35. The zero-order chi connectivity index (χ0) is 11.3. The summed E-state index contributed by atoms with van der Waals surface area (Å²) in [6.45, 7) is 7.71. The SMILES string of the molecule is C=CC[Si](C)(C)C(F)=Cc1ccccc1. The molecule has 15 heavy (non-hydrogen) atoms. The number of benzene rings is 1. The maximum atomic E-state index is 13.9. The number of allylic oxidation sites excluding steroid dienone is 1. The van der Waals surface area contributed by atoms with Crippen molar-refractivity contribution in [1.82, 2.24) is 0 Å². The van der Waals surface area contributed by atoms with Crippen LogP contribution in [0.5, 0.6) is 0 Å². The maximum absolute atomic E-state index is 13.9. The van der Waals surface area contributed by atoms with E-state index in [-0.39, 0.29) is 5.45 Å². The van der Waals surface area contributed by atoms with E-state index in [2.05, 4.69) is 6.58 Å². The molecule has 1 rings (SSSR count). The Kier molecular flexibility index (Phi) is 4.03. The molecule has 0 fully saturated rings. The molecule has 0 aliphatic carbocycles. The van der Waals surface area contributed by atoms with Gasteiger partial charge in [0.05, 0.1) is 5.45 Å². The number of rotatable bonds is 4. The van der Waals surface area contributed by atoms with E-state index in [4.69, 9.17) is 0 Å². The fraction of sp³-hybridized carbons (Fsp3) is 0.231. The first kappa shape index (κ1) is 11.9. The largest absolute Gasteiger partial charge is 0.217 e. The smallest absolute Gasteiger partial charge is 0.121 e. The van der Waals surface area contributed by atoms with Crippen molar-refractivity contribution in [2.45, 2.75) is 19.1 Å². The van der Waals surface area contributed by atoms with E-state index in [0.717, 1.165) is 11.6 Å². The minimum absolute atomic E-state index is 0.0357. The normalized spacial score (nSPS) is 12.6. The molecule has 0 unspecified atom stereocenters. The minimum Gasteiger partial charge on any atom is -0.217 e. The van der Waals surface area contributed by atoms with Crippen LogP contribution in [0.15, 0.2) is 48.4 Å². The van der Waals surface area contributed by atoms with Gasteiger partial charge in [-0.2, -0.15) is 0 Å². The van der Waals surface area contributed by atoms with Crippen LogP contribution >= 0.6 is 0 Å². The Morgan fingerprint density at radius 1 is 1.33 bits per heavy atom. The molecule has 0 spiro atoms. The third-order valence-electron chi connectivity index (χ3n) is 2.39. The highest BCUT2D eigenvalue weighted by Crippen LogP contribution is 2.23. The third kappa shape index (κ3) is 3.48. The predicted molar refractivity (Wildman–Crippen MR) is 68.0 cm³/mol. The van der Waals surface area contributed by atoms with Gasteiger partial charge in [0.25, 0.3) is 0 Å². The van der Waals surface area contributed by atoms with Crippen LogP contribution in [0.1, 0.15) is 5.56 Å². The second-order valence-electron chi connectivity index (χ2n) is 4.28. The Morgan fingerprint density at radius 3 is 2.47 bits per heavy atom. The van der Waals surface area contributed by atoms with Crippen LogP contribution in [-0.2, 0) is 0 Å². The summed E-state index contributed by atoms with van der Waals surface area (Å²) in [5.41, 5.74) is 0.966. The summed E-state index contributed by atoms with van der Waals surface area (Å²) in [4.78, 5) is 0. The van der Waals surface area contributed by atoms with Crippen LogP contribution in [0, 0.1) is 0 Å². The van der Waals surface area contributed by atoms with E-state index < -0.39 is 8.07 Å². The van der Waals surface area contributed by atoms with Gasteiger partial charge < -0.3 is 0 Å². The van der Waals surface area contributed by atoms with Crippen molar-refractivity contribution in [2.75, 3.05) is 0 Å². The van der Waals surface area contributed by atoms with Crippen molar-refractivity contribution in [1.29, 1.82) is 0 Å². The average Bonchev–Trinajstić information content (AvgIpc) is 2.19. The molecule has 0 saturated heterocycles. The molecule has 0 bridgehead atoms. The molecule has 80 valence electrons. The van der Waals surface area contributed by atoms with Crippen molar-refractivity contribution in [3.05, 3.63) is 54.0 Å². The highest BCUT2D eigenvalue weighted by atomic mass is 28.3. The van der Waals surface area contributed by atoms with Gasteiger partial charge in [0.15, 0.2) is 0 Å². The quantitative estimate of drug-likeness (QED) is 0.520. The summed E-state index contributed by atoms with van der Waals surface area (Å²) in [6, 6.07) is 10.4. The molecule has 1 aromatic rings. The lowest BCUT2D eigenvalue weighted by molar-refractivity contribution is 0.688. The molecule has 0 nitrogen and oxygen atoms in total. The Balaban J connectivity index is 2.88. The molecule has 0 aromatic heterocycles. The van der Waals surface area contributed by atoms with Crippen molar-refractivity contribution >= 4 is 14.1 Å². The lowest BCUT2D eigenvalue weighted by Gasteiger charge is -2.17. The molecular formula is C13H17FSi. The summed E-state index contributed by atoms with van der Waals surface area (Å²) in [5.74, 6) is 0. The maximum Gasteiger partial charge on any atom is 0.121 e. The van der Waals surface area contributed by atoms with Gasteiger partial charge in [-0.05, 0) is 17.7 Å². The topological polar surface area (TPSA) is 0 Å². The minimum atomic E-state index is -1.91. The van der Waals surface area contributed by atoms with E-state index in [1.54, 1.807) is 6.08 Å². The predicted octanol–water partition coefficient (Wildman–Crippen LogP) is 4.43. The molecule has 0 radical (unpaired) electrons. The molecule has 0 atom stereocenters. The van der Waals surface area contributed by atoms with Crippen molar-refractivity contribution in [3.63, 3.8) is 0 Å². The molecule has 0 heterocycles. The molecule has 0 saturated carbocycles. The number of halogens is 1. The van der Waals surface area contributed by atoms with Gasteiger partial charge in [-0.1, -0.05) is 49.5 Å². The summed E-state index contributed by atoms with van der Waals surface area (Å²) in [7, 11) is -1.91. The van der Waals surface area contributed by atoms with E-state index in [1.165, 1.54) is 0 Å². The van der Waals surface area contributed by atoms with E-state index in [1.807, 2.05) is 49.5 Å². The first-order chi connectivity index (χ1) is 7.06. The van der Waals surface area contributed by atoms with Gasteiger partial charge in [-0.15, -0.1) is 6.58 Å².